The van der Waals surface area contributed by atoms with E-state index in [4.69, 9.17) is 9.26 Å². The van der Waals surface area contributed by atoms with Crippen molar-refractivity contribution < 1.29 is 9.26 Å². The first-order valence-electron chi connectivity index (χ1n) is 12.2. The SMILES string of the molecule is CON=C(C=CC[C@@H](C)C1=CC[C@H]2C(O[Si](C)(C)C(C)(C)C)CCC[C@]12C)C1CC1. The molecule has 0 bridgehead atoms. The normalized spacial score (nSPS) is 31.6. The summed E-state index contributed by atoms with van der Waals surface area (Å²) < 4.78 is 6.99. The van der Waals surface area contributed by atoms with Crippen LogP contribution in [-0.4, -0.2) is 27.2 Å². The molecule has 0 aromatic rings. The van der Waals surface area contributed by atoms with Crippen LogP contribution in [0.2, 0.25) is 18.1 Å². The van der Waals surface area contributed by atoms with Gasteiger partial charge in [0.2, 0.25) is 0 Å². The van der Waals surface area contributed by atoms with Crippen LogP contribution in [0.4, 0.5) is 0 Å². The third kappa shape index (κ3) is 4.96. The van der Waals surface area contributed by atoms with Gasteiger partial charge in [0.25, 0.3) is 0 Å². The van der Waals surface area contributed by atoms with E-state index >= 15 is 0 Å². The minimum absolute atomic E-state index is 0.275. The predicted octanol–water partition coefficient (Wildman–Crippen LogP) is 7.51. The predicted molar refractivity (Wildman–Crippen MR) is 130 cm³/mol. The van der Waals surface area contributed by atoms with Crippen LogP contribution >= 0.6 is 0 Å². The van der Waals surface area contributed by atoms with Crippen molar-refractivity contribution in [3.63, 3.8) is 0 Å². The van der Waals surface area contributed by atoms with Crippen LogP contribution in [0.25, 0.3) is 0 Å². The summed E-state index contributed by atoms with van der Waals surface area (Å²) in [5.74, 6) is 1.85. The number of fused-ring (bicyclic) bond motifs is 1. The molecule has 3 rings (SSSR count). The second-order valence-corrected chi connectivity index (χ2v) is 16.5. The minimum atomic E-state index is -1.74. The fraction of sp³-hybridized carbons (Fsp3) is 0.808. The summed E-state index contributed by atoms with van der Waals surface area (Å²) >= 11 is 0. The lowest BCUT2D eigenvalue weighted by molar-refractivity contribution is 0.0162. The molecule has 0 amide bonds. The molecule has 4 atom stereocenters. The van der Waals surface area contributed by atoms with E-state index in [1.54, 1.807) is 12.7 Å². The Morgan fingerprint density at radius 1 is 1.30 bits per heavy atom. The standard InChI is InChI=1S/C26H45NO2Si/c1-19(11-9-12-23(27-28-6)20-14-15-20)21-16-17-22-24(13-10-18-26(21,22)5)29-30(7,8)25(2,3)4/h9,12,16,19-20,22,24H,10-11,13-15,17-18H2,1-8H3/t19-,22+,24?,26-/m1/s1. The Balaban J connectivity index is 1.66. The molecule has 4 heteroatoms. The first kappa shape index (κ1) is 23.8. The van der Waals surface area contributed by atoms with E-state index in [2.05, 4.69) is 71.1 Å². The topological polar surface area (TPSA) is 30.8 Å². The van der Waals surface area contributed by atoms with Crippen LogP contribution in [0.5, 0.6) is 0 Å². The largest absolute Gasteiger partial charge is 0.414 e. The van der Waals surface area contributed by atoms with Crippen LogP contribution in [0.1, 0.15) is 79.6 Å². The van der Waals surface area contributed by atoms with Gasteiger partial charge in [0.15, 0.2) is 8.32 Å². The monoisotopic (exact) mass is 431 g/mol. The molecule has 0 aromatic carbocycles. The fourth-order valence-electron chi connectivity index (χ4n) is 5.43. The van der Waals surface area contributed by atoms with Gasteiger partial charge in [-0.1, -0.05) is 63.9 Å². The Kier molecular flexibility index (Phi) is 7.08. The van der Waals surface area contributed by atoms with Gasteiger partial charge < -0.3 is 9.26 Å². The molecule has 2 fully saturated rings. The molecule has 170 valence electrons. The zero-order chi connectivity index (χ0) is 22.2. The van der Waals surface area contributed by atoms with Gasteiger partial charge in [0.05, 0.1) is 5.71 Å². The Morgan fingerprint density at radius 3 is 2.60 bits per heavy atom. The first-order valence-corrected chi connectivity index (χ1v) is 15.1. The van der Waals surface area contributed by atoms with Gasteiger partial charge >= 0.3 is 0 Å². The third-order valence-electron chi connectivity index (χ3n) is 8.46. The summed E-state index contributed by atoms with van der Waals surface area (Å²) in [6.07, 6.45) is 16.1. The van der Waals surface area contributed by atoms with Gasteiger partial charge in [-0.2, -0.15) is 0 Å². The van der Waals surface area contributed by atoms with E-state index in [9.17, 15) is 0 Å². The Labute approximate surface area is 186 Å². The van der Waals surface area contributed by atoms with Crippen LogP contribution in [-0.2, 0) is 9.26 Å². The maximum absolute atomic E-state index is 6.99. The molecule has 3 aliphatic rings. The Hall–Kier alpha value is -0.873. The minimum Gasteiger partial charge on any atom is -0.414 e. The van der Waals surface area contributed by atoms with Gasteiger partial charge in [-0.25, -0.2) is 0 Å². The third-order valence-corrected chi connectivity index (χ3v) is 13.0. The molecule has 3 nitrogen and oxygen atoms in total. The average molecular weight is 432 g/mol. The van der Waals surface area contributed by atoms with Crippen LogP contribution < -0.4 is 0 Å². The van der Waals surface area contributed by atoms with Crippen molar-refractivity contribution in [3.8, 4) is 0 Å². The number of allylic oxidation sites excluding steroid dienone is 4. The lowest BCUT2D eigenvalue weighted by atomic mass is 9.63. The molecule has 0 saturated heterocycles. The number of rotatable bonds is 8. The first-order chi connectivity index (χ1) is 14.0. The molecular weight excluding hydrogens is 386 g/mol. The van der Waals surface area contributed by atoms with Crippen molar-refractivity contribution in [3.05, 3.63) is 23.8 Å². The summed E-state index contributed by atoms with van der Waals surface area (Å²) in [5.41, 5.74) is 3.10. The Bertz CT molecular complexity index is 698. The summed E-state index contributed by atoms with van der Waals surface area (Å²) in [6.45, 7) is 16.8. The summed E-state index contributed by atoms with van der Waals surface area (Å²) in [4.78, 5) is 5.04. The number of hydrogen-bond acceptors (Lipinski definition) is 3. The second-order valence-electron chi connectivity index (χ2n) is 11.7. The molecule has 3 aliphatic carbocycles. The highest BCUT2D eigenvalue weighted by Crippen LogP contribution is 2.56. The van der Waals surface area contributed by atoms with Crippen molar-refractivity contribution in [2.75, 3.05) is 7.11 Å². The van der Waals surface area contributed by atoms with E-state index in [1.165, 1.54) is 38.5 Å². The zero-order valence-corrected chi connectivity index (χ0v) is 21.8. The smallest absolute Gasteiger partial charge is 0.192 e. The molecular formula is C26H45NO2Si. The van der Waals surface area contributed by atoms with Gasteiger partial charge in [0.1, 0.15) is 7.11 Å². The fourth-order valence-corrected chi connectivity index (χ4v) is 6.82. The van der Waals surface area contributed by atoms with Crippen molar-refractivity contribution in [2.24, 2.45) is 28.3 Å². The van der Waals surface area contributed by atoms with Crippen molar-refractivity contribution >= 4 is 14.0 Å². The van der Waals surface area contributed by atoms with E-state index < -0.39 is 8.32 Å². The molecule has 0 N–H and O–H groups in total. The lowest BCUT2D eigenvalue weighted by Crippen LogP contribution is -2.49. The summed E-state index contributed by atoms with van der Waals surface area (Å²) in [6, 6.07) is 0. The Morgan fingerprint density at radius 2 is 2.00 bits per heavy atom. The molecule has 1 unspecified atom stereocenters. The lowest BCUT2D eigenvalue weighted by Gasteiger charge is -2.49. The van der Waals surface area contributed by atoms with E-state index in [1.807, 2.05) is 0 Å². The summed E-state index contributed by atoms with van der Waals surface area (Å²) in [5, 5.41) is 4.50. The van der Waals surface area contributed by atoms with E-state index in [0.29, 0.717) is 29.3 Å². The average Bonchev–Trinajstić information content (AvgIpc) is 3.41. The molecule has 0 aromatic heterocycles. The molecule has 2 saturated carbocycles. The highest BCUT2D eigenvalue weighted by Gasteiger charge is 2.51. The number of nitrogens with zero attached hydrogens (tertiary/aromatic N) is 1. The second kappa shape index (κ2) is 8.94. The van der Waals surface area contributed by atoms with Gasteiger partial charge in [-0.05, 0) is 80.0 Å². The zero-order valence-electron chi connectivity index (χ0n) is 20.8. The van der Waals surface area contributed by atoms with Gasteiger partial charge in [0, 0.05) is 12.0 Å². The van der Waals surface area contributed by atoms with Crippen LogP contribution in [0, 0.1) is 23.2 Å². The molecule has 0 radical (unpaired) electrons. The molecule has 30 heavy (non-hydrogen) atoms. The van der Waals surface area contributed by atoms with Crippen LogP contribution in [0.15, 0.2) is 29.0 Å². The maximum Gasteiger partial charge on any atom is 0.192 e. The van der Waals surface area contributed by atoms with E-state index in [-0.39, 0.29) is 5.04 Å². The maximum atomic E-state index is 6.99. The molecule has 0 heterocycles. The van der Waals surface area contributed by atoms with Crippen molar-refractivity contribution in [1.29, 1.82) is 0 Å². The van der Waals surface area contributed by atoms with Gasteiger partial charge in [-0.3, -0.25) is 0 Å². The summed E-state index contributed by atoms with van der Waals surface area (Å²) in [7, 11) is -0.0928. The molecule has 0 spiro atoms. The highest BCUT2D eigenvalue weighted by atomic mass is 28.4. The quantitative estimate of drug-likeness (QED) is 0.172. The van der Waals surface area contributed by atoms with Gasteiger partial charge in [-0.15, -0.1) is 0 Å². The van der Waals surface area contributed by atoms with Crippen molar-refractivity contribution in [2.45, 2.75) is 104 Å². The van der Waals surface area contributed by atoms with E-state index in [0.717, 1.165) is 12.1 Å². The number of hydrogen-bond donors (Lipinski definition) is 0. The highest BCUT2D eigenvalue weighted by molar-refractivity contribution is 6.74. The molecule has 0 aliphatic heterocycles. The number of oxime groups is 1. The van der Waals surface area contributed by atoms with Crippen molar-refractivity contribution in [1.82, 2.24) is 0 Å². The van der Waals surface area contributed by atoms with Crippen LogP contribution in [0.3, 0.4) is 0 Å².